The van der Waals surface area contributed by atoms with Gasteiger partial charge in [-0.3, -0.25) is 0 Å². The second-order valence-electron chi connectivity index (χ2n) is 6.91. The molecule has 1 unspecified atom stereocenters. The van der Waals surface area contributed by atoms with E-state index in [0.717, 1.165) is 31.1 Å². The lowest BCUT2D eigenvalue weighted by molar-refractivity contribution is -0.0606. The minimum absolute atomic E-state index is 0.0883. The second-order valence-corrected chi connectivity index (χ2v) is 6.91. The molecule has 3 heterocycles. The highest BCUT2D eigenvalue weighted by Crippen LogP contribution is 2.34. The average molecular weight is 304 g/mol. The molecule has 6 nitrogen and oxygen atoms in total. The summed E-state index contributed by atoms with van der Waals surface area (Å²) in [6.45, 7) is 9.75. The minimum atomic E-state index is -0.0883. The summed E-state index contributed by atoms with van der Waals surface area (Å²) in [5.41, 5.74) is -0.0883. The monoisotopic (exact) mass is 304 g/mol. The van der Waals surface area contributed by atoms with Crippen molar-refractivity contribution in [2.45, 2.75) is 64.5 Å². The number of nitrogens with zero attached hydrogens (tertiary/aromatic N) is 4. The third kappa shape index (κ3) is 3.21. The zero-order valence-electron chi connectivity index (χ0n) is 13.7. The van der Waals surface area contributed by atoms with Gasteiger partial charge in [-0.15, -0.1) is 0 Å². The highest BCUT2D eigenvalue weighted by molar-refractivity contribution is 5.06. The van der Waals surface area contributed by atoms with Gasteiger partial charge in [-0.1, -0.05) is 19.0 Å². The second kappa shape index (κ2) is 5.83. The summed E-state index contributed by atoms with van der Waals surface area (Å²) in [6, 6.07) is 0. The fourth-order valence-corrected chi connectivity index (χ4v) is 2.98. The molecule has 2 aromatic rings. The van der Waals surface area contributed by atoms with E-state index in [1.807, 2.05) is 12.4 Å². The number of ether oxygens (including phenoxy) is 1. The van der Waals surface area contributed by atoms with Gasteiger partial charge in [-0.25, -0.2) is 4.98 Å². The lowest BCUT2D eigenvalue weighted by Gasteiger charge is -2.35. The van der Waals surface area contributed by atoms with E-state index in [4.69, 9.17) is 9.26 Å². The van der Waals surface area contributed by atoms with Gasteiger partial charge in [0, 0.05) is 30.8 Å². The summed E-state index contributed by atoms with van der Waals surface area (Å²) in [5.74, 6) is 3.15. The summed E-state index contributed by atoms with van der Waals surface area (Å²) in [5, 5.41) is 4.02. The summed E-state index contributed by atoms with van der Waals surface area (Å²) < 4.78 is 13.3. The van der Waals surface area contributed by atoms with E-state index >= 15 is 0 Å². The molecule has 1 aliphatic rings. The standard InChI is InChI=1S/C16H24N4O2/c1-11(2)14-18-13(22-19-14)10-20-7-6-17-15(20)12-5-8-21-16(3,4)9-12/h6-7,11-12H,5,8-10H2,1-4H3. The molecule has 0 amide bonds. The van der Waals surface area contributed by atoms with Crippen LogP contribution in [-0.2, 0) is 11.3 Å². The van der Waals surface area contributed by atoms with E-state index in [1.165, 1.54) is 0 Å². The summed E-state index contributed by atoms with van der Waals surface area (Å²) >= 11 is 0. The molecule has 1 aliphatic heterocycles. The Balaban J connectivity index is 1.77. The van der Waals surface area contributed by atoms with Crippen LogP contribution in [0.4, 0.5) is 0 Å². The molecule has 3 rings (SSSR count). The Morgan fingerprint density at radius 1 is 1.41 bits per heavy atom. The van der Waals surface area contributed by atoms with Gasteiger partial charge in [0.05, 0.1) is 5.60 Å². The zero-order valence-corrected chi connectivity index (χ0v) is 13.7. The van der Waals surface area contributed by atoms with E-state index in [-0.39, 0.29) is 11.5 Å². The highest BCUT2D eigenvalue weighted by Gasteiger charge is 2.32. The van der Waals surface area contributed by atoms with Crippen LogP contribution in [0.5, 0.6) is 0 Å². The Hall–Kier alpha value is -1.69. The average Bonchev–Trinajstić information content (AvgIpc) is 3.07. The zero-order chi connectivity index (χ0) is 15.7. The van der Waals surface area contributed by atoms with Crippen molar-refractivity contribution in [3.05, 3.63) is 29.9 Å². The molecule has 0 bridgehead atoms. The van der Waals surface area contributed by atoms with E-state index in [9.17, 15) is 0 Å². The van der Waals surface area contributed by atoms with Crippen molar-refractivity contribution in [1.29, 1.82) is 0 Å². The quantitative estimate of drug-likeness (QED) is 0.868. The van der Waals surface area contributed by atoms with Crippen molar-refractivity contribution in [3.8, 4) is 0 Å². The smallest absolute Gasteiger partial charge is 0.246 e. The first-order valence-corrected chi connectivity index (χ1v) is 7.92. The molecular formula is C16H24N4O2. The normalized spacial score (nSPS) is 21.4. The van der Waals surface area contributed by atoms with Gasteiger partial charge < -0.3 is 13.8 Å². The van der Waals surface area contributed by atoms with Gasteiger partial charge in [-0.2, -0.15) is 4.98 Å². The van der Waals surface area contributed by atoms with Gasteiger partial charge in [0.15, 0.2) is 5.82 Å². The Bertz CT molecular complexity index is 630. The first kappa shape index (κ1) is 15.2. The fourth-order valence-electron chi connectivity index (χ4n) is 2.98. The molecule has 0 radical (unpaired) electrons. The van der Waals surface area contributed by atoms with Crippen LogP contribution in [-0.4, -0.2) is 31.9 Å². The van der Waals surface area contributed by atoms with E-state index in [1.54, 1.807) is 0 Å². The molecule has 120 valence electrons. The molecule has 1 saturated heterocycles. The van der Waals surface area contributed by atoms with Crippen LogP contribution in [0.2, 0.25) is 0 Å². The van der Waals surface area contributed by atoms with Crippen LogP contribution >= 0.6 is 0 Å². The molecule has 0 aromatic carbocycles. The van der Waals surface area contributed by atoms with Gasteiger partial charge in [0.2, 0.25) is 5.89 Å². The minimum Gasteiger partial charge on any atom is -0.376 e. The van der Waals surface area contributed by atoms with Gasteiger partial charge in [-0.05, 0) is 26.7 Å². The Morgan fingerprint density at radius 3 is 2.91 bits per heavy atom. The number of aromatic nitrogens is 4. The molecule has 1 fully saturated rings. The third-order valence-corrected chi connectivity index (χ3v) is 4.12. The topological polar surface area (TPSA) is 66.0 Å². The molecular weight excluding hydrogens is 280 g/mol. The Kier molecular flexibility index (Phi) is 4.04. The molecule has 6 heteroatoms. The molecule has 0 spiro atoms. The maximum absolute atomic E-state index is 5.80. The SMILES string of the molecule is CC(C)c1noc(Cn2ccnc2C2CCOC(C)(C)C2)n1. The number of rotatable bonds is 4. The van der Waals surface area contributed by atoms with Crippen LogP contribution < -0.4 is 0 Å². The van der Waals surface area contributed by atoms with Crippen molar-refractivity contribution in [2.75, 3.05) is 6.61 Å². The summed E-state index contributed by atoms with van der Waals surface area (Å²) in [7, 11) is 0. The number of hydrogen-bond donors (Lipinski definition) is 0. The van der Waals surface area contributed by atoms with Gasteiger partial charge in [0.25, 0.3) is 0 Å². The Labute approximate surface area is 130 Å². The van der Waals surface area contributed by atoms with Crippen molar-refractivity contribution in [1.82, 2.24) is 19.7 Å². The van der Waals surface area contributed by atoms with Crippen LogP contribution in [0.25, 0.3) is 0 Å². The predicted octanol–water partition coefficient (Wildman–Crippen LogP) is 3.11. The predicted molar refractivity (Wildman–Crippen MR) is 81.7 cm³/mol. The molecule has 1 atom stereocenters. The maximum atomic E-state index is 5.80. The number of imidazole rings is 1. The van der Waals surface area contributed by atoms with E-state index < -0.39 is 0 Å². The lowest BCUT2D eigenvalue weighted by atomic mass is 9.88. The van der Waals surface area contributed by atoms with Crippen LogP contribution in [0.3, 0.4) is 0 Å². The highest BCUT2D eigenvalue weighted by atomic mass is 16.5. The van der Waals surface area contributed by atoms with E-state index in [2.05, 4.69) is 47.4 Å². The summed E-state index contributed by atoms with van der Waals surface area (Å²) in [6.07, 6.45) is 5.81. The maximum Gasteiger partial charge on any atom is 0.246 e. The lowest BCUT2D eigenvalue weighted by Crippen LogP contribution is -2.34. The van der Waals surface area contributed by atoms with E-state index in [0.29, 0.717) is 18.4 Å². The first-order valence-electron chi connectivity index (χ1n) is 7.92. The van der Waals surface area contributed by atoms with Crippen molar-refractivity contribution < 1.29 is 9.26 Å². The molecule has 0 aliphatic carbocycles. The largest absolute Gasteiger partial charge is 0.376 e. The van der Waals surface area contributed by atoms with Crippen LogP contribution in [0, 0.1) is 0 Å². The molecule has 0 saturated carbocycles. The molecule has 2 aromatic heterocycles. The third-order valence-electron chi connectivity index (χ3n) is 4.12. The molecule has 22 heavy (non-hydrogen) atoms. The Morgan fingerprint density at radius 2 is 2.23 bits per heavy atom. The van der Waals surface area contributed by atoms with Crippen molar-refractivity contribution >= 4 is 0 Å². The van der Waals surface area contributed by atoms with Gasteiger partial charge in [0.1, 0.15) is 12.4 Å². The summed E-state index contributed by atoms with van der Waals surface area (Å²) in [4.78, 5) is 9.01. The van der Waals surface area contributed by atoms with Gasteiger partial charge >= 0.3 is 0 Å². The number of hydrogen-bond acceptors (Lipinski definition) is 5. The molecule has 0 N–H and O–H groups in total. The van der Waals surface area contributed by atoms with Crippen LogP contribution in [0.1, 0.15) is 69.9 Å². The van der Waals surface area contributed by atoms with Crippen molar-refractivity contribution in [2.24, 2.45) is 0 Å². The fraction of sp³-hybridized carbons (Fsp3) is 0.688. The first-order chi connectivity index (χ1) is 10.4. The van der Waals surface area contributed by atoms with Crippen molar-refractivity contribution in [3.63, 3.8) is 0 Å². The van der Waals surface area contributed by atoms with Crippen LogP contribution in [0.15, 0.2) is 16.9 Å².